The van der Waals surface area contributed by atoms with Gasteiger partial charge in [-0.25, -0.2) is 0 Å². The summed E-state index contributed by atoms with van der Waals surface area (Å²) in [6.45, 7) is -0.295. The van der Waals surface area contributed by atoms with Gasteiger partial charge in [0.05, 0.1) is 11.5 Å². The fourth-order valence-electron chi connectivity index (χ4n) is 1.71. The molecule has 2 nitrogen and oxygen atoms in total. The van der Waals surface area contributed by atoms with Crippen molar-refractivity contribution in [1.82, 2.24) is 0 Å². The SMILES string of the molecule is O=CC(OCc1ccccc1)(c1cccs1)C(F)(F)F. The van der Waals surface area contributed by atoms with Crippen molar-refractivity contribution in [1.29, 1.82) is 0 Å². The molecule has 0 saturated carbocycles. The molecule has 2 rings (SSSR count). The van der Waals surface area contributed by atoms with Crippen molar-refractivity contribution in [2.75, 3.05) is 0 Å². The van der Waals surface area contributed by atoms with Crippen LogP contribution in [0, 0.1) is 0 Å². The van der Waals surface area contributed by atoms with Gasteiger partial charge < -0.3 is 4.74 Å². The Kier molecular flexibility index (Phi) is 4.25. The molecule has 1 aromatic heterocycles. The highest BCUT2D eigenvalue weighted by Crippen LogP contribution is 2.43. The van der Waals surface area contributed by atoms with E-state index < -0.39 is 11.8 Å². The van der Waals surface area contributed by atoms with Crippen molar-refractivity contribution >= 4 is 17.6 Å². The van der Waals surface area contributed by atoms with Crippen LogP contribution in [-0.2, 0) is 21.7 Å². The van der Waals surface area contributed by atoms with E-state index in [1.807, 2.05) is 0 Å². The Morgan fingerprint density at radius 3 is 2.30 bits per heavy atom. The molecule has 2 aromatic rings. The van der Waals surface area contributed by atoms with E-state index in [2.05, 4.69) is 0 Å². The fraction of sp³-hybridized carbons (Fsp3) is 0.214. The Bertz CT molecular complexity index is 552. The molecular weight excluding hydrogens is 289 g/mol. The molecule has 0 aliphatic carbocycles. The Hall–Kier alpha value is -1.66. The highest BCUT2D eigenvalue weighted by Gasteiger charge is 2.58. The van der Waals surface area contributed by atoms with Crippen LogP contribution >= 0.6 is 11.3 Å². The molecule has 20 heavy (non-hydrogen) atoms. The van der Waals surface area contributed by atoms with Crippen molar-refractivity contribution in [2.45, 2.75) is 18.4 Å². The Labute approximate surface area is 117 Å². The number of carbonyl (C=O) groups excluding carboxylic acids is 1. The van der Waals surface area contributed by atoms with Crippen LogP contribution in [0.2, 0.25) is 0 Å². The standard InChI is InChI=1S/C14H11F3O2S/c15-14(16,17)13(10-18,12-7-4-8-20-12)19-9-11-5-2-1-3-6-11/h1-8,10H,9H2. The minimum Gasteiger partial charge on any atom is -0.349 e. The summed E-state index contributed by atoms with van der Waals surface area (Å²) in [5.74, 6) is 0. The van der Waals surface area contributed by atoms with Gasteiger partial charge in [-0.1, -0.05) is 36.4 Å². The minimum absolute atomic E-state index is 0.170. The molecule has 0 fully saturated rings. The van der Waals surface area contributed by atoms with Gasteiger partial charge in [-0.2, -0.15) is 13.2 Å². The van der Waals surface area contributed by atoms with Gasteiger partial charge >= 0.3 is 6.18 Å². The third-order valence-electron chi connectivity index (χ3n) is 2.78. The van der Waals surface area contributed by atoms with Crippen LogP contribution in [0.5, 0.6) is 0 Å². The zero-order chi connectivity index (χ0) is 14.6. The van der Waals surface area contributed by atoms with E-state index in [-0.39, 0.29) is 17.8 Å². The van der Waals surface area contributed by atoms with Crippen molar-refractivity contribution in [3.8, 4) is 0 Å². The predicted octanol–water partition coefficient (Wildman–Crippen LogP) is 3.92. The second-order valence-corrected chi connectivity index (χ2v) is 5.05. The summed E-state index contributed by atoms with van der Waals surface area (Å²) in [4.78, 5) is 11.0. The van der Waals surface area contributed by atoms with Crippen LogP contribution < -0.4 is 0 Å². The number of halogens is 3. The van der Waals surface area contributed by atoms with Crippen molar-refractivity contribution < 1.29 is 22.7 Å². The first kappa shape index (κ1) is 14.7. The van der Waals surface area contributed by atoms with E-state index in [0.29, 0.717) is 5.56 Å². The van der Waals surface area contributed by atoms with Gasteiger partial charge in [0.2, 0.25) is 0 Å². The number of alkyl halides is 3. The smallest absolute Gasteiger partial charge is 0.349 e. The van der Waals surface area contributed by atoms with E-state index in [1.54, 1.807) is 30.3 Å². The minimum atomic E-state index is -4.81. The molecule has 0 saturated heterocycles. The third-order valence-corrected chi connectivity index (χ3v) is 3.77. The first-order valence-corrected chi connectivity index (χ1v) is 6.62. The second-order valence-electron chi connectivity index (χ2n) is 4.10. The summed E-state index contributed by atoms with van der Waals surface area (Å²) in [5.41, 5.74) is -2.34. The molecule has 1 aromatic carbocycles. The number of carbonyl (C=O) groups is 1. The van der Waals surface area contributed by atoms with Crippen LogP contribution in [-0.4, -0.2) is 12.5 Å². The monoisotopic (exact) mass is 300 g/mol. The maximum Gasteiger partial charge on any atom is 0.429 e. The molecule has 0 aliphatic heterocycles. The molecule has 0 bridgehead atoms. The largest absolute Gasteiger partial charge is 0.429 e. The summed E-state index contributed by atoms with van der Waals surface area (Å²) in [6, 6.07) is 11.1. The zero-order valence-corrected chi connectivity index (χ0v) is 11.1. The first-order valence-electron chi connectivity index (χ1n) is 5.74. The van der Waals surface area contributed by atoms with E-state index in [1.165, 1.54) is 17.5 Å². The predicted molar refractivity (Wildman–Crippen MR) is 69.3 cm³/mol. The van der Waals surface area contributed by atoms with Gasteiger partial charge in [-0.3, -0.25) is 4.79 Å². The molecule has 0 N–H and O–H groups in total. The number of ether oxygens (including phenoxy) is 1. The summed E-state index contributed by atoms with van der Waals surface area (Å²) in [7, 11) is 0. The van der Waals surface area contributed by atoms with Crippen molar-refractivity contribution in [3.63, 3.8) is 0 Å². The lowest BCUT2D eigenvalue weighted by Crippen LogP contribution is -2.45. The van der Waals surface area contributed by atoms with Gasteiger partial charge in [0.15, 0.2) is 6.29 Å². The first-order chi connectivity index (χ1) is 9.49. The van der Waals surface area contributed by atoms with Gasteiger partial charge in [0, 0.05) is 0 Å². The number of aldehydes is 1. The molecule has 0 aliphatic rings. The summed E-state index contributed by atoms with van der Waals surface area (Å²) in [6.07, 6.45) is -4.99. The summed E-state index contributed by atoms with van der Waals surface area (Å²) >= 11 is 0.840. The fourth-order valence-corrected chi connectivity index (χ4v) is 2.57. The maximum atomic E-state index is 13.3. The van der Waals surface area contributed by atoms with Crippen molar-refractivity contribution in [3.05, 3.63) is 58.3 Å². The van der Waals surface area contributed by atoms with Crippen LogP contribution in [0.25, 0.3) is 0 Å². The average molecular weight is 300 g/mol. The van der Waals surface area contributed by atoms with Gasteiger partial charge in [0.25, 0.3) is 5.60 Å². The summed E-state index contributed by atoms with van der Waals surface area (Å²) < 4.78 is 44.9. The highest BCUT2D eigenvalue weighted by atomic mass is 32.1. The van der Waals surface area contributed by atoms with E-state index in [9.17, 15) is 18.0 Å². The van der Waals surface area contributed by atoms with E-state index in [0.717, 1.165) is 11.3 Å². The van der Waals surface area contributed by atoms with E-state index in [4.69, 9.17) is 4.74 Å². The molecule has 1 heterocycles. The van der Waals surface area contributed by atoms with Gasteiger partial charge in [0.1, 0.15) is 0 Å². The topological polar surface area (TPSA) is 26.3 Å². The number of hydrogen-bond donors (Lipinski definition) is 0. The zero-order valence-electron chi connectivity index (χ0n) is 10.3. The van der Waals surface area contributed by atoms with Crippen LogP contribution in [0.15, 0.2) is 47.8 Å². The van der Waals surface area contributed by atoms with E-state index >= 15 is 0 Å². The molecule has 0 amide bonds. The Morgan fingerprint density at radius 2 is 1.80 bits per heavy atom. The summed E-state index contributed by atoms with van der Waals surface area (Å²) in [5, 5.41) is 1.48. The van der Waals surface area contributed by atoms with Gasteiger partial charge in [-0.15, -0.1) is 11.3 Å². The van der Waals surface area contributed by atoms with Crippen molar-refractivity contribution in [2.24, 2.45) is 0 Å². The molecule has 0 radical (unpaired) electrons. The Morgan fingerprint density at radius 1 is 1.10 bits per heavy atom. The lowest BCUT2D eigenvalue weighted by atomic mass is 10.0. The van der Waals surface area contributed by atoms with Gasteiger partial charge in [-0.05, 0) is 17.0 Å². The normalized spacial score (nSPS) is 14.8. The number of rotatable bonds is 5. The lowest BCUT2D eigenvalue weighted by molar-refractivity contribution is -0.268. The molecule has 106 valence electrons. The molecule has 6 heteroatoms. The number of hydrogen-bond acceptors (Lipinski definition) is 3. The van der Waals surface area contributed by atoms with Crippen LogP contribution in [0.3, 0.4) is 0 Å². The van der Waals surface area contributed by atoms with Crippen LogP contribution in [0.4, 0.5) is 13.2 Å². The number of benzene rings is 1. The van der Waals surface area contributed by atoms with Crippen LogP contribution in [0.1, 0.15) is 10.4 Å². The third kappa shape index (κ3) is 2.76. The maximum absolute atomic E-state index is 13.3. The molecular formula is C14H11F3O2S. The lowest BCUT2D eigenvalue weighted by Gasteiger charge is -2.29. The number of thiophene rings is 1. The molecule has 1 atom stereocenters. The average Bonchev–Trinajstić information content (AvgIpc) is 2.94. The highest BCUT2D eigenvalue weighted by molar-refractivity contribution is 7.10. The quantitative estimate of drug-likeness (QED) is 0.782. The molecule has 0 spiro atoms. The Balaban J connectivity index is 2.30. The second kappa shape index (κ2) is 5.76. The molecule has 1 unspecified atom stereocenters.